The van der Waals surface area contributed by atoms with Gasteiger partial charge in [0.1, 0.15) is 11.9 Å². The molecule has 0 saturated carbocycles. The number of ether oxygens (including phenoxy) is 1. The van der Waals surface area contributed by atoms with Gasteiger partial charge in [-0.25, -0.2) is 4.98 Å². The predicted octanol–water partition coefficient (Wildman–Crippen LogP) is 4.26. The van der Waals surface area contributed by atoms with E-state index in [0.29, 0.717) is 13.0 Å². The lowest BCUT2D eigenvalue weighted by atomic mass is 10.0. The molecular weight excluding hydrogens is 382 g/mol. The van der Waals surface area contributed by atoms with E-state index in [-0.39, 0.29) is 12.0 Å². The first-order valence-corrected chi connectivity index (χ1v) is 10.9. The largest absolute Gasteiger partial charge is 0.488 e. The van der Waals surface area contributed by atoms with Gasteiger partial charge in [-0.05, 0) is 61.9 Å². The average Bonchev–Trinajstić information content (AvgIpc) is 3.37. The average molecular weight is 408 g/mol. The van der Waals surface area contributed by atoms with Gasteiger partial charge in [0.25, 0.3) is 0 Å². The van der Waals surface area contributed by atoms with Gasteiger partial charge in [-0.15, -0.1) is 11.3 Å². The highest BCUT2D eigenvalue weighted by molar-refractivity contribution is 7.09. The first-order valence-electron chi connectivity index (χ1n) is 9.98. The van der Waals surface area contributed by atoms with Crippen LogP contribution in [0.5, 0.6) is 5.75 Å². The number of aryl methyl sites for hydroxylation is 3. The van der Waals surface area contributed by atoms with Crippen molar-refractivity contribution in [2.24, 2.45) is 0 Å². The molecule has 0 radical (unpaired) electrons. The van der Waals surface area contributed by atoms with Gasteiger partial charge in [0.05, 0.1) is 23.6 Å². The fourth-order valence-electron chi connectivity index (χ4n) is 3.59. The molecule has 150 valence electrons. The molecule has 1 amide bonds. The molecule has 1 aliphatic rings. The Morgan fingerprint density at radius 1 is 1.31 bits per heavy atom. The molecule has 4 rings (SSSR count). The summed E-state index contributed by atoms with van der Waals surface area (Å²) in [7, 11) is 0. The zero-order valence-electron chi connectivity index (χ0n) is 16.8. The van der Waals surface area contributed by atoms with E-state index in [9.17, 15) is 4.79 Å². The van der Waals surface area contributed by atoms with Gasteiger partial charge in [-0.3, -0.25) is 9.78 Å². The summed E-state index contributed by atoms with van der Waals surface area (Å²) in [5.41, 5.74) is 4.94. The van der Waals surface area contributed by atoms with Crippen LogP contribution in [0.2, 0.25) is 0 Å². The number of amides is 1. The van der Waals surface area contributed by atoms with Crippen LogP contribution in [-0.4, -0.2) is 28.5 Å². The lowest BCUT2D eigenvalue weighted by Crippen LogP contribution is -2.34. The van der Waals surface area contributed by atoms with Gasteiger partial charge in [-0.1, -0.05) is 6.07 Å². The molecule has 3 aromatic rings. The summed E-state index contributed by atoms with van der Waals surface area (Å²) >= 11 is 1.74. The molecule has 1 unspecified atom stereocenters. The number of nitrogens with one attached hydrogen (secondary N) is 1. The first kappa shape index (κ1) is 19.6. The SMILES string of the molecule is Cc1cnc(C)c(-c2ccc3c(c2)CC(CNC(=O)CCCc2cccs2)O3)n1. The number of carbonyl (C=O) groups is 1. The van der Waals surface area contributed by atoms with Gasteiger partial charge in [0.15, 0.2) is 0 Å². The van der Waals surface area contributed by atoms with E-state index in [2.05, 4.69) is 32.8 Å². The molecule has 29 heavy (non-hydrogen) atoms. The van der Waals surface area contributed by atoms with Gasteiger partial charge in [-0.2, -0.15) is 0 Å². The Morgan fingerprint density at radius 2 is 2.21 bits per heavy atom. The quantitative estimate of drug-likeness (QED) is 0.635. The number of hydrogen-bond acceptors (Lipinski definition) is 5. The van der Waals surface area contributed by atoms with Crippen molar-refractivity contribution < 1.29 is 9.53 Å². The van der Waals surface area contributed by atoms with Crippen molar-refractivity contribution in [1.82, 2.24) is 15.3 Å². The Hall–Kier alpha value is -2.73. The molecule has 1 N–H and O–H groups in total. The lowest BCUT2D eigenvalue weighted by Gasteiger charge is -2.11. The van der Waals surface area contributed by atoms with E-state index in [4.69, 9.17) is 4.74 Å². The fourth-order valence-corrected chi connectivity index (χ4v) is 4.34. The van der Waals surface area contributed by atoms with Crippen LogP contribution in [-0.2, 0) is 17.6 Å². The summed E-state index contributed by atoms with van der Waals surface area (Å²) in [6.07, 6.45) is 4.93. The van der Waals surface area contributed by atoms with Crippen molar-refractivity contribution in [3.05, 3.63) is 63.7 Å². The summed E-state index contributed by atoms with van der Waals surface area (Å²) in [6, 6.07) is 10.3. The normalized spacial score (nSPS) is 15.0. The molecular formula is C23H25N3O2S. The number of carbonyl (C=O) groups excluding carboxylic acids is 1. The Kier molecular flexibility index (Phi) is 5.90. The van der Waals surface area contributed by atoms with E-state index in [1.165, 1.54) is 4.88 Å². The second kappa shape index (κ2) is 8.74. The van der Waals surface area contributed by atoms with E-state index >= 15 is 0 Å². The summed E-state index contributed by atoms with van der Waals surface area (Å²) in [5, 5.41) is 5.09. The van der Waals surface area contributed by atoms with Crippen LogP contribution in [0.25, 0.3) is 11.3 Å². The lowest BCUT2D eigenvalue weighted by molar-refractivity contribution is -0.121. The minimum absolute atomic E-state index is 0.0220. The van der Waals surface area contributed by atoms with Gasteiger partial charge in [0, 0.05) is 29.5 Å². The van der Waals surface area contributed by atoms with Crippen molar-refractivity contribution in [1.29, 1.82) is 0 Å². The molecule has 5 nitrogen and oxygen atoms in total. The van der Waals surface area contributed by atoms with Crippen LogP contribution >= 0.6 is 11.3 Å². The minimum atomic E-state index is -0.0220. The van der Waals surface area contributed by atoms with Crippen molar-refractivity contribution >= 4 is 17.2 Å². The summed E-state index contributed by atoms with van der Waals surface area (Å²) in [6.45, 7) is 4.46. The summed E-state index contributed by atoms with van der Waals surface area (Å²) < 4.78 is 6.02. The smallest absolute Gasteiger partial charge is 0.220 e. The van der Waals surface area contributed by atoms with Crippen LogP contribution in [0, 0.1) is 13.8 Å². The molecule has 0 bridgehead atoms. The molecule has 0 aliphatic carbocycles. The number of hydrogen-bond donors (Lipinski definition) is 1. The predicted molar refractivity (Wildman–Crippen MR) is 115 cm³/mol. The highest BCUT2D eigenvalue weighted by atomic mass is 32.1. The van der Waals surface area contributed by atoms with E-state index in [1.807, 2.05) is 32.0 Å². The Morgan fingerprint density at radius 3 is 3.03 bits per heavy atom. The molecule has 3 heterocycles. The van der Waals surface area contributed by atoms with E-state index in [1.54, 1.807) is 17.5 Å². The second-order valence-electron chi connectivity index (χ2n) is 7.45. The highest BCUT2D eigenvalue weighted by Gasteiger charge is 2.24. The Labute approximate surface area is 175 Å². The molecule has 0 spiro atoms. The van der Waals surface area contributed by atoms with Crippen molar-refractivity contribution in [3.63, 3.8) is 0 Å². The van der Waals surface area contributed by atoms with Crippen LogP contribution in [0.1, 0.15) is 34.7 Å². The number of thiophene rings is 1. The van der Waals surface area contributed by atoms with Crippen molar-refractivity contribution in [3.8, 4) is 17.0 Å². The van der Waals surface area contributed by atoms with Gasteiger partial charge in [0.2, 0.25) is 5.91 Å². The molecule has 2 aromatic heterocycles. The Bertz CT molecular complexity index is 1000. The first-order chi connectivity index (χ1) is 14.1. The number of fused-ring (bicyclic) bond motifs is 1. The topological polar surface area (TPSA) is 64.1 Å². The second-order valence-corrected chi connectivity index (χ2v) is 8.48. The standard InChI is InChI=1S/C23H25N3O2S/c1-15-13-24-16(2)23(26-15)17-8-9-21-18(11-17)12-19(28-21)14-25-22(27)7-3-5-20-6-4-10-29-20/h4,6,8-11,13,19H,3,5,7,12,14H2,1-2H3,(H,25,27). The minimum Gasteiger partial charge on any atom is -0.488 e. The van der Waals surface area contributed by atoms with E-state index < -0.39 is 0 Å². The molecule has 0 saturated heterocycles. The van der Waals surface area contributed by atoms with E-state index in [0.717, 1.165) is 53.2 Å². The number of benzene rings is 1. The third-order valence-electron chi connectivity index (χ3n) is 5.09. The number of aromatic nitrogens is 2. The molecule has 6 heteroatoms. The number of rotatable bonds is 7. The third-order valence-corrected chi connectivity index (χ3v) is 6.02. The van der Waals surface area contributed by atoms with Crippen LogP contribution in [0.4, 0.5) is 0 Å². The van der Waals surface area contributed by atoms with Crippen LogP contribution < -0.4 is 10.1 Å². The molecule has 1 aliphatic heterocycles. The molecule has 0 fully saturated rings. The fraction of sp³-hybridized carbons (Fsp3) is 0.348. The zero-order valence-corrected chi connectivity index (χ0v) is 17.6. The van der Waals surface area contributed by atoms with Gasteiger partial charge >= 0.3 is 0 Å². The highest BCUT2D eigenvalue weighted by Crippen LogP contribution is 2.33. The maximum Gasteiger partial charge on any atom is 0.220 e. The summed E-state index contributed by atoms with van der Waals surface area (Å²) in [5.74, 6) is 0.983. The maximum absolute atomic E-state index is 12.1. The van der Waals surface area contributed by atoms with Crippen LogP contribution in [0.15, 0.2) is 41.9 Å². The summed E-state index contributed by atoms with van der Waals surface area (Å²) in [4.78, 5) is 22.5. The monoisotopic (exact) mass is 407 g/mol. The van der Waals surface area contributed by atoms with Crippen LogP contribution in [0.3, 0.4) is 0 Å². The van der Waals surface area contributed by atoms with Crippen molar-refractivity contribution in [2.75, 3.05) is 6.54 Å². The molecule has 1 aromatic carbocycles. The van der Waals surface area contributed by atoms with Gasteiger partial charge < -0.3 is 10.1 Å². The zero-order chi connectivity index (χ0) is 20.2. The maximum atomic E-state index is 12.1. The Balaban J connectivity index is 1.30. The molecule has 1 atom stereocenters. The van der Waals surface area contributed by atoms with Crippen molar-refractivity contribution in [2.45, 2.75) is 45.6 Å². The third kappa shape index (κ3) is 4.82. The number of nitrogens with zero attached hydrogens (tertiary/aromatic N) is 2.